The van der Waals surface area contributed by atoms with Gasteiger partial charge in [0, 0.05) is 35.8 Å². The number of benzene rings is 2. The van der Waals surface area contributed by atoms with E-state index in [0.29, 0.717) is 12.4 Å². The van der Waals surface area contributed by atoms with Gasteiger partial charge in [-0.3, -0.25) is 0 Å². The third kappa shape index (κ3) is 2.32. The monoisotopic (exact) mass is 271 g/mol. The summed E-state index contributed by atoms with van der Waals surface area (Å²) < 4.78 is 20.7. The van der Waals surface area contributed by atoms with Crippen LogP contribution in [0.5, 0.6) is 11.5 Å². The van der Waals surface area contributed by atoms with Crippen LogP contribution in [0.4, 0.5) is 4.39 Å². The Balaban J connectivity index is 1.89. The summed E-state index contributed by atoms with van der Waals surface area (Å²) in [4.78, 5) is 0. The zero-order valence-corrected chi connectivity index (χ0v) is 11.0. The molecule has 3 aromatic rings. The van der Waals surface area contributed by atoms with Crippen LogP contribution in [0.2, 0.25) is 0 Å². The average Bonchev–Trinajstić information content (AvgIpc) is 2.73. The number of phenols is 1. The van der Waals surface area contributed by atoms with E-state index in [1.807, 2.05) is 23.9 Å². The predicted molar refractivity (Wildman–Crippen MR) is 75.3 cm³/mol. The molecular formula is C16H14FNO2. The maximum atomic E-state index is 13.1. The third-order valence-electron chi connectivity index (χ3n) is 3.25. The van der Waals surface area contributed by atoms with Crippen LogP contribution < -0.4 is 4.74 Å². The molecule has 1 aromatic heterocycles. The van der Waals surface area contributed by atoms with Crippen molar-refractivity contribution in [1.29, 1.82) is 0 Å². The topological polar surface area (TPSA) is 34.4 Å². The fourth-order valence-electron chi connectivity index (χ4n) is 2.29. The second-order valence-electron chi connectivity index (χ2n) is 4.71. The molecular weight excluding hydrogens is 257 g/mol. The smallest absolute Gasteiger partial charge is 0.126 e. The van der Waals surface area contributed by atoms with Gasteiger partial charge in [0.2, 0.25) is 0 Å². The van der Waals surface area contributed by atoms with Crippen LogP contribution in [0.3, 0.4) is 0 Å². The highest BCUT2D eigenvalue weighted by Gasteiger charge is 2.08. The predicted octanol–water partition coefficient (Wildman–Crippen LogP) is 3.60. The quantitative estimate of drug-likeness (QED) is 0.789. The molecule has 2 aromatic carbocycles. The van der Waals surface area contributed by atoms with E-state index in [1.165, 1.54) is 12.1 Å². The molecule has 102 valence electrons. The Bertz CT molecular complexity index is 764. The van der Waals surface area contributed by atoms with Crippen molar-refractivity contribution in [2.24, 2.45) is 7.05 Å². The number of aryl methyl sites for hydroxylation is 1. The standard InChI is InChI=1S/C16H14FNO2/c1-18-9-11(15-8-13(19)5-6-16(15)18)10-20-14-4-2-3-12(17)7-14/h2-9,19H,10H2,1H3. The maximum Gasteiger partial charge on any atom is 0.126 e. The summed E-state index contributed by atoms with van der Waals surface area (Å²) >= 11 is 0. The van der Waals surface area contributed by atoms with Crippen LogP contribution in [0, 0.1) is 5.82 Å². The van der Waals surface area contributed by atoms with Crippen LogP contribution in [-0.2, 0) is 13.7 Å². The second kappa shape index (κ2) is 4.89. The van der Waals surface area contributed by atoms with Gasteiger partial charge in [-0.1, -0.05) is 6.07 Å². The molecule has 1 N–H and O–H groups in total. The minimum atomic E-state index is -0.321. The van der Waals surface area contributed by atoms with E-state index in [4.69, 9.17) is 4.74 Å². The molecule has 0 saturated carbocycles. The van der Waals surface area contributed by atoms with Crippen LogP contribution in [0.25, 0.3) is 10.9 Å². The van der Waals surface area contributed by atoms with Gasteiger partial charge in [0.25, 0.3) is 0 Å². The fourth-order valence-corrected chi connectivity index (χ4v) is 2.29. The average molecular weight is 271 g/mol. The Morgan fingerprint density at radius 2 is 2.05 bits per heavy atom. The van der Waals surface area contributed by atoms with Gasteiger partial charge in [-0.05, 0) is 30.3 Å². The van der Waals surface area contributed by atoms with Crippen LogP contribution in [0.15, 0.2) is 48.7 Å². The first kappa shape index (κ1) is 12.5. The summed E-state index contributed by atoms with van der Waals surface area (Å²) in [6.07, 6.45) is 1.95. The minimum Gasteiger partial charge on any atom is -0.508 e. The van der Waals surface area contributed by atoms with Gasteiger partial charge in [-0.25, -0.2) is 4.39 Å². The number of nitrogens with zero attached hydrogens (tertiary/aromatic N) is 1. The highest BCUT2D eigenvalue weighted by Crippen LogP contribution is 2.26. The Morgan fingerprint density at radius 3 is 2.85 bits per heavy atom. The van der Waals surface area contributed by atoms with Gasteiger partial charge < -0.3 is 14.4 Å². The number of rotatable bonds is 3. The molecule has 3 nitrogen and oxygen atoms in total. The number of aromatic nitrogens is 1. The SMILES string of the molecule is Cn1cc(COc2cccc(F)c2)c2cc(O)ccc21. The first-order valence-corrected chi connectivity index (χ1v) is 6.29. The van der Waals surface area contributed by atoms with Gasteiger partial charge >= 0.3 is 0 Å². The Hall–Kier alpha value is -2.49. The van der Waals surface area contributed by atoms with Gasteiger partial charge in [0.15, 0.2) is 0 Å². The van der Waals surface area contributed by atoms with E-state index >= 15 is 0 Å². The van der Waals surface area contributed by atoms with Crippen molar-refractivity contribution >= 4 is 10.9 Å². The van der Waals surface area contributed by atoms with Crippen molar-refractivity contribution in [3.8, 4) is 11.5 Å². The second-order valence-corrected chi connectivity index (χ2v) is 4.71. The fraction of sp³-hybridized carbons (Fsp3) is 0.125. The van der Waals surface area contributed by atoms with Crippen LogP contribution in [-0.4, -0.2) is 9.67 Å². The number of ether oxygens (including phenoxy) is 1. The summed E-state index contributed by atoms with van der Waals surface area (Å²) in [5, 5.41) is 10.5. The number of hydrogen-bond donors (Lipinski definition) is 1. The summed E-state index contributed by atoms with van der Waals surface area (Å²) in [6, 6.07) is 11.3. The van der Waals surface area contributed by atoms with E-state index in [0.717, 1.165) is 16.5 Å². The summed E-state index contributed by atoms with van der Waals surface area (Å²) in [5.74, 6) is 0.385. The molecule has 0 radical (unpaired) electrons. The lowest BCUT2D eigenvalue weighted by Crippen LogP contribution is -1.95. The molecule has 20 heavy (non-hydrogen) atoms. The summed E-state index contributed by atoms with van der Waals surface area (Å²) in [5.41, 5.74) is 1.96. The van der Waals surface area contributed by atoms with E-state index in [9.17, 15) is 9.50 Å². The molecule has 0 aliphatic heterocycles. The Labute approximate surface area is 115 Å². The molecule has 0 fully saturated rings. The first-order chi connectivity index (χ1) is 9.63. The molecule has 0 unspecified atom stereocenters. The molecule has 3 rings (SSSR count). The number of halogens is 1. The molecule has 1 heterocycles. The molecule has 0 spiro atoms. The van der Waals surface area contributed by atoms with Crippen LogP contribution in [0.1, 0.15) is 5.56 Å². The summed E-state index contributed by atoms with van der Waals surface area (Å²) in [7, 11) is 1.94. The Kier molecular flexibility index (Phi) is 3.06. The lowest BCUT2D eigenvalue weighted by Gasteiger charge is -2.05. The van der Waals surface area contributed by atoms with Gasteiger partial charge in [0.1, 0.15) is 23.9 Å². The number of hydrogen-bond acceptors (Lipinski definition) is 2. The van der Waals surface area contributed by atoms with E-state index in [-0.39, 0.29) is 11.6 Å². The third-order valence-corrected chi connectivity index (χ3v) is 3.25. The van der Waals surface area contributed by atoms with E-state index in [2.05, 4.69) is 0 Å². The van der Waals surface area contributed by atoms with Crippen molar-refractivity contribution in [1.82, 2.24) is 4.57 Å². The molecule has 0 atom stereocenters. The van der Waals surface area contributed by atoms with Crippen molar-refractivity contribution in [3.05, 3.63) is 60.0 Å². The largest absolute Gasteiger partial charge is 0.508 e. The molecule has 0 saturated heterocycles. The summed E-state index contributed by atoms with van der Waals surface area (Å²) in [6.45, 7) is 0.324. The van der Waals surface area contributed by atoms with Crippen molar-refractivity contribution in [2.75, 3.05) is 0 Å². The molecule has 4 heteroatoms. The molecule has 0 aliphatic rings. The van der Waals surface area contributed by atoms with Crippen LogP contribution >= 0.6 is 0 Å². The number of fused-ring (bicyclic) bond motifs is 1. The highest BCUT2D eigenvalue weighted by molar-refractivity contribution is 5.85. The lowest BCUT2D eigenvalue weighted by molar-refractivity contribution is 0.306. The lowest BCUT2D eigenvalue weighted by atomic mass is 10.2. The molecule has 0 aliphatic carbocycles. The van der Waals surface area contributed by atoms with Gasteiger partial charge in [-0.15, -0.1) is 0 Å². The van der Waals surface area contributed by atoms with E-state index in [1.54, 1.807) is 24.3 Å². The maximum absolute atomic E-state index is 13.1. The highest BCUT2D eigenvalue weighted by atomic mass is 19.1. The molecule has 0 bridgehead atoms. The molecule has 0 amide bonds. The number of phenolic OH excluding ortho intramolecular Hbond substituents is 1. The van der Waals surface area contributed by atoms with Crippen molar-refractivity contribution in [2.45, 2.75) is 6.61 Å². The van der Waals surface area contributed by atoms with Crippen molar-refractivity contribution < 1.29 is 14.2 Å². The first-order valence-electron chi connectivity index (χ1n) is 6.29. The number of aromatic hydroxyl groups is 1. The zero-order chi connectivity index (χ0) is 14.1. The van der Waals surface area contributed by atoms with E-state index < -0.39 is 0 Å². The van der Waals surface area contributed by atoms with Crippen molar-refractivity contribution in [3.63, 3.8) is 0 Å². The van der Waals surface area contributed by atoms with Gasteiger partial charge in [-0.2, -0.15) is 0 Å². The zero-order valence-electron chi connectivity index (χ0n) is 11.0. The van der Waals surface area contributed by atoms with Gasteiger partial charge in [0.05, 0.1) is 0 Å². The normalized spacial score (nSPS) is 10.9. The Morgan fingerprint density at radius 1 is 1.20 bits per heavy atom. The minimum absolute atomic E-state index is 0.218.